The third-order valence-electron chi connectivity index (χ3n) is 8.47. The van der Waals surface area contributed by atoms with E-state index in [0.717, 1.165) is 0 Å². The highest BCUT2D eigenvalue weighted by Gasteiger charge is 2.72. The van der Waals surface area contributed by atoms with Gasteiger partial charge in [0.15, 0.2) is 40.4 Å². The first-order chi connectivity index (χ1) is 18.2. The first kappa shape index (κ1) is 28.5. The minimum atomic E-state index is -3.05. The predicted octanol–water partition coefficient (Wildman–Crippen LogP) is -0.219. The largest absolute Gasteiger partial charge is 0.507 e. The average Bonchev–Trinajstić information content (AvgIpc) is 2.85. The molecule has 0 radical (unpaired) electrons. The molecule has 0 aromatic heterocycles. The summed E-state index contributed by atoms with van der Waals surface area (Å²) in [5.41, 5.74) is 2.53. The molecule has 2 fully saturated rings. The molecular weight excluding hydrogens is 508 g/mol. The van der Waals surface area contributed by atoms with E-state index in [9.17, 15) is 44.1 Å². The average molecular weight is 541 g/mol. The number of carbonyl (C=O) groups excluding carboxylic acids is 6. The van der Waals surface area contributed by atoms with Crippen LogP contribution in [0.5, 0.6) is 5.75 Å². The van der Waals surface area contributed by atoms with Gasteiger partial charge in [-0.1, -0.05) is 26.0 Å². The predicted molar refractivity (Wildman–Crippen MR) is 136 cm³/mol. The Labute approximate surface area is 224 Å². The number of amides is 1. The number of nitrogens with two attached hydrogens (primary N) is 1. The van der Waals surface area contributed by atoms with Gasteiger partial charge in [0.2, 0.25) is 5.91 Å². The summed E-state index contributed by atoms with van der Waals surface area (Å²) in [5.74, 6) is -14.0. The Hall–Kier alpha value is -3.54. The highest BCUT2D eigenvalue weighted by Crippen LogP contribution is 2.54. The molecule has 11 heteroatoms. The number of Topliss-reactive ketones (excluding diaryl/α,β-unsaturated/α-hetero) is 4. The van der Waals surface area contributed by atoms with Crippen molar-refractivity contribution in [3.8, 4) is 5.75 Å². The van der Waals surface area contributed by atoms with E-state index in [1.165, 1.54) is 37.2 Å². The Balaban J connectivity index is 1.88. The van der Waals surface area contributed by atoms with Crippen molar-refractivity contribution in [2.24, 2.45) is 29.4 Å². The fourth-order valence-corrected chi connectivity index (χ4v) is 6.65. The Morgan fingerprint density at radius 1 is 1.13 bits per heavy atom. The maximum absolute atomic E-state index is 13.9. The van der Waals surface area contributed by atoms with Gasteiger partial charge in [0.1, 0.15) is 5.75 Å². The molecule has 0 spiro atoms. The Bertz CT molecular complexity index is 1330. The van der Waals surface area contributed by atoms with Crippen LogP contribution in [-0.2, 0) is 24.0 Å². The summed E-state index contributed by atoms with van der Waals surface area (Å²) in [6.07, 6.45) is 1.87. The van der Waals surface area contributed by atoms with Gasteiger partial charge in [0, 0.05) is 17.9 Å². The first-order valence-corrected chi connectivity index (χ1v) is 12.8. The van der Waals surface area contributed by atoms with E-state index in [4.69, 9.17) is 5.73 Å². The second kappa shape index (κ2) is 9.89. The van der Waals surface area contributed by atoms with Crippen LogP contribution in [0.4, 0.5) is 0 Å². The fourth-order valence-electron chi connectivity index (χ4n) is 6.65. The number of hydrogen-bond acceptors (Lipinski definition) is 10. The number of hydrogen-bond donors (Lipinski definition) is 4. The number of allylic oxidation sites excluding steroid dienone is 1. The smallest absolute Gasteiger partial charge is 0.235 e. The number of fused-ring (bicyclic) bond motifs is 3. The van der Waals surface area contributed by atoms with Crippen LogP contribution in [0.3, 0.4) is 0 Å². The summed E-state index contributed by atoms with van der Waals surface area (Å²) in [5, 5.41) is 34.3. The molecule has 0 bridgehead atoms. The van der Waals surface area contributed by atoms with Crippen LogP contribution in [0.2, 0.25) is 0 Å². The molecule has 0 heterocycles. The van der Waals surface area contributed by atoms with E-state index in [1.807, 2.05) is 6.92 Å². The van der Waals surface area contributed by atoms with Crippen molar-refractivity contribution in [1.82, 2.24) is 4.90 Å². The van der Waals surface area contributed by atoms with Crippen molar-refractivity contribution in [1.29, 1.82) is 0 Å². The lowest BCUT2D eigenvalue weighted by Crippen LogP contribution is -2.77. The number of rotatable bonds is 6. The highest BCUT2D eigenvalue weighted by atomic mass is 16.3. The molecule has 8 atom stereocenters. The van der Waals surface area contributed by atoms with E-state index in [1.54, 1.807) is 13.0 Å². The van der Waals surface area contributed by atoms with E-state index in [0.29, 0.717) is 18.4 Å². The molecular formula is C28H32N2O9. The molecule has 4 rings (SSSR count). The molecule has 0 saturated heterocycles. The SMILES string of the molecule is CCCC(=O)C=Cc1ccc2c(c1O)C(=O)C1C(=O)[C@]3(O)C(=O)C(C(N)=O)C(=O)C(N(C)C)[C@@H]3[C@@H](O)[C@@H]1[C@H]2C. The van der Waals surface area contributed by atoms with Crippen LogP contribution in [0.25, 0.3) is 6.08 Å². The van der Waals surface area contributed by atoms with Crippen LogP contribution in [0.15, 0.2) is 18.2 Å². The molecule has 1 aromatic rings. The number of aliphatic hydroxyl groups excluding tert-OH is 1. The molecule has 3 aliphatic carbocycles. The molecule has 3 unspecified atom stereocenters. The summed E-state index contributed by atoms with van der Waals surface area (Å²) in [6, 6.07) is 1.64. The Morgan fingerprint density at radius 3 is 2.33 bits per heavy atom. The van der Waals surface area contributed by atoms with Crippen molar-refractivity contribution in [2.75, 3.05) is 14.1 Å². The van der Waals surface area contributed by atoms with Crippen molar-refractivity contribution in [2.45, 2.75) is 50.4 Å². The lowest BCUT2D eigenvalue weighted by molar-refractivity contribution is -0.196. The van der Waals surface area contributed by atoms with Gasteiger partial charge >= 0.3 is 0 Å². The number of benzene rings is 1. The van der Waals surface area contributed by atoms with E-state index in [2.05, 4.69) is 0 Å². The number of phenolic OH excluding ortho intramolecular Hbond substituents is 1. The van der Waals surface area contributed by atoms with Gasteiger partial charge in [-0.25, -0.2) is 0 Å². The Morgan fingerprint density at radius 2 is 1.77 bits per heavy atom. The number of ketones is 5. The topological polar surface area (TPSA) is 192 Å². The van der Waals surface area contributed by atoms with E-state index < -0.39 is 82.1 Å². The normalized spacial score (nSPS) is 34.2. The van der Waals surface area contributed by atoms with E-state index in [-0.39, 0.29) is 16.9 Å². The fraction of sp³-hybridized carbons (Fsp3) is 0.500. The molecule has 11 nitrogen and oxygen atoms in total. The van der Waals surface area contributed by atoms with E-state index >= 15 is 0 Å². The van der Waals surface area contributed by atoms with Gasteiger partial charge in [0.05, 0.1) is 29.5 Å². The van der Waals surface area contributed by atoms with Crippen LogP contribution in [0, 0.1) is 23.7 Å². The molecule has 1 aromatic carbocycles. The summed E-state index contributed by atoms with van der Waals surface area (Å²) in [4.78, 5) is 79.6. The number of aliphatic hydroxyl groups is 2. The molecule has 39 heavy (non-hydrogen) atoms. The molecule has 1 amide bonds. The molecule has 2 saturated carbocycles. The summed E-state index contributed by atoms with van der Waals surface area (Å²) in [7, 11) is 2.87. The minimum absolute atomic E-state index is 0.151. The number of primary amides is 1. The monoisotopic (exact) mass is 540 g/mol. The zero-order valence-electron chi connectivity index (χ0n) is 22.1. The standard InChI is InChI=1S/C28H32N2O9/c1-5-6-13(31)9-7-12-8-10-14-11(2)15-17(22(33)16(14)21(12)32)25(36)28(39)19(23(15)34)20(30(3)4)24(35)18(26(28)37)27(29)38/h7-11,15,17-20,23,32,34,39H,5-6H2,1-4H3,(H2,29,38)/t11-,15+,17?,18?,19+,20?,23-,28-/m0/s1. The van der Waals surface area contributed by atoms with Gasteiger partial charge < -0.3 is 21.1 Å². The second-order valence-corrected chi connectivity index (χ2v) is 10.9. The quantitative estimate of drug-likeness (QED) is 0.277. The third kappa shape index (κ3) is 3.98. The van der Waals surface area contributed by atoms with Gasteiger partial charge in [-0.15, -0.1) is 0 Å². The van der Waals surface area contributed by atoms with Gasteiger partial charge in [-0.3, -0.25) is 33.7 Å². The van der Waals surface area contributed by atoms with Gasteiger partial charge in [0.25, 0.3) is 0 Å². The molecule has 208 valence electrons. The number of nitrogens with zero attached hydrogens (tertiary/aromatic N) is 1. The zero-order valence-corrected chi connectivity index (χ0v) is 22.1. The second-order valence-electron chi connectivity index (χ2n) is 10.9. The van der Waals surface area contributed by atoms with Crippen molar-refractivity contribution >= 4 is 40.9 Å². The maximum Gasteiger partial charge on any atom is 0.235 e. The molecule has 5 N–H and O–H groups in total. The van der Waals surface area contributed by atoms with Crippen molar-refractivity contribution < 1.29 is 44.1 Å². The summed E-state index contributed by atoms with van der Waals surface area (Å²) in [6.45, 7) is 3.47. The third-order valence-corrected chi connectivity index (χ3v) is 8.47. The number of likely N-dealkylation sites (N-methyl/N-ethyl adjacent to an activating group) is 1. The molecule has 3 aliphatic rings. The van der Waals surface area contributed by atoms with Crippen molar-refractivity contribution in [3.05, 3.63) is 34.9 Å². The number of phenols is 1. The first-order valence-electron chi connectivity index (χ1n) is 12.8. The van der Waals surface area contributed by atoms with Crippen molar-refractivity contribution in [3.63, 3.8) is 0 Å². The number of carbonyl (C=O) groups is 6. The lowest BCUT2D eigenvalue weighted by atomic mass is 9.49. The summed E-state index contributed by atoms with van der Waals surface area (Å²) >= 11 is 0. The molecule has 0 aliphatic heterocycles. The maximum atomic E-state index is 13.9. The van der Waals surface area contributed by atoms with Crippen LogP contribution in [-0.4, -0.2) is 86.9 Å². The minimum Gasteiger partial charge on any atom is -0.507 e. The highest BCUT2D eigenvalue weighted by molar-refractivity contribution is 6.32. The van der Waals surface area contributed by atoms with Crippen LogP contribution >= 0.6 is 0 Å². The zero-order chi connectivity index (χ0) is 29.1. The number of aromatic hydroxyl groups is 1. The lowest BCUT2D eigenvalue weighted by Gasteiger charge is -2.56. The van der Waals surface area contributed by atoms with Gasteiger partial charge in [-0.2, -0.15) is 0 Å². The van der Waals surface area contributed by atoms with Gasteiger partial charge in [-0.05, 0) is 44.1 Å². The van der Waals surface area contributed by atoms with Crippen LogP contribution < -0.4 is 5.73 Å². The Kier molecular flexibility index (Phi) is 7.22. The van der Waals surface area contributed by atoms with Crippen LogP contribution in [0.1, 0.15) is 54.1 Å². The summed E-state index contributed by atoms with van der Waals surface area (Å²) < 4.78 is 0.